The van der Waals surface area contributed by atoms with Crippen molar-refractivity contribution in [1.82, 2.24) is 4.98 Å². The maximum atomic E-state index is 12.6. The molecule has 1 N–H and O–H groups in total. The first-order valence-corrected chi connectivity index (χ1v) is 10.3. The van der Waals surface area contributed by atoms with Gasteiger partial charge < -0.3 is 4.90 Å². The normalized spacial score (nSPS) is 12.5. The van der Waals surface area contributed by atoms with Gasteiger partial charge >= 0.3 is 6.18 Å². The van der Waals surface area contributed by atoms with Crippen LogP contribution in [0.2, 0.25) is 0 Å². The summed E-state index contributed by atoms with van der Waals surface area (Å²) in [5.74, 6) is -0.137. The van der Waals surface area contributed by atoms with Crippen molar-refractivity contribution in [3.63, 3.8) is 0 Å². The molecule has 0 spiro atoms. The molecule has 29 heavy (non-hydrogen) atoms. The topological polar surface area (TPSA) is 95.2 Å². The van der Waals surface area contributed by atoms with E-state index in [9.17, 15) is 26.1 Å². The van der Waals surface area contributed by atoms with Crippen LogP contribution in [-0.4, -0.2) is 31.0 Å². The minimum atomic E-state index is -4.60. The number of anilines is 1. The zero-order valence-electron chi connectivity index (χ0n) is 15.9. The van der Waals surface area contributed by atoms with Gasteiger partial charge in [0.25, 0.3) is 10.1 Å². The van der Waals surface area contributed by atoms with Crippen molar-refractivity contribution in [3.8, 4) is 0 Å². The molecule has 0 saturated heterocycles. The number of halogens is 3. The molecule has 0 aliphatic rings. The van der Waals surface area contributed by atoms with Gasteiger partial charge in [0.15, 0.2) is 5.82 Å². The van der Waals surface area contributed by atoms with Crippen molar-refractivity contribution >= 4 is 27.3 Å². The molecule has 1 heterocycles. The summed E-state index contributed by atoms with van der Waals surface area (Å²) in [6.45, 7) is 5.39. The maximum Gasteiger partial charge on any atom is 0.417 e. The monoisotopic (exact) mass is 430 g/mol. The Hall–Kier alpha value is -2.53. The Morgan fingerprint density at radius 2 is 1.72 bits per heavy atom. The third-order valence-corrected chi connectivity index (χ3v) is 4.79. The first kappa shape index (κ1) is 22.8. The van der Waals surface area contributed by atoms with Crippen molar-refractivity contribution < 1.29 is 26.1 Å². The molecule has 158 valence electrons. The lowest BCUT2D eigenvalue weighted by molar-refractivity contribution is -0.137. The number of aromatic nitrogens is 1. The Labute approximate surface area is 167 Å². The van der Waals surface area contributed by atoms with Gasteiger partial charge in [-0.15, -0.1) is 10.2 Å². The standard InChI is InChI=1S/C18H21F3N4O3S/c1-3-9-25(10-4-2)14-6-7-15(16(11-14)29(26,27)28)23-24-17-8-5-13(12-22-17)18(19,20)21/h5-8,11-12H,3-4,9-10H2,1-2H3,(H,26,27,28). The van der Waals surface area contributed by atoms with Crippen molar-refractivity contribution in [2.75, 3.05) is 18.0 Å². The smallest absolute Gasteiger partial charge is 0.372 e. The van der Waals surface area contributed by atoms with Crippen LogP contribution in [0.5, 0.6) is 0 Å². The fraction of sp³-hybridized carbons (Fsp3) is 0.389. The molecule has 0 amide bonds. The van der Waals surface area contributed by atoms with Gasteiger partial charge in [-0.2, -0.15) is 21.6 Å². The van der Waals surface area contributed by atoms with Crippen molar-refractivity contribution in [1.29, 1.82) is 0 Å². The van der Waals surface area contributed by atoms with Crippen LogP contribution in [0.3, 0.4) is 0 Å². The molecule has 0 aliphatic heterocycles. The second-order valence-corrected chi connectivity index (χ2v) is 7.61. The Kier molecular flexibility index (Phi) is 7.31. The number of nitrogens with zero attached hydrogens (tertiary/aromatic N) is 4. The minimum Gasteiger partial charge on any atom is -0.372 e. The zero-order valence-corrected chi connectivity index (χ0v) is 16.7. The Morgan fingerprint density at radius 3 is 2.21 bits per heavy atom. The summed E-state index contributed by atoms with van der Waals surface area (Å²) < 4.78 is 70.9. The van der Waals surface area contributed by atoms with Crippen molar-refractivity contribution in [2.45, 2.75) is 37.8 Å². The van der Waals surface area contributed by atoms with Crippen LogP contribution < -0.4 is 4.90 Å². The maximum absolute atomic E-state index is 12.6. The number of hydrogen-bond acceptors (Lipinski definition) is 6. The van der Waals surface area contributed by atoms with Gasteiger partial charge in [0.1, 0.15) is 10.6 Å². The molecule has 2 rings (SSSR count). The fourth-order valence-electron chi connectivity index (χ4n) is 2.62. The summed E-state index contributed by atoms with van der Waals surface area (Å²) in [6.07, 6.45) is -2.22. The quantitative estimate of drug-likeness (QED) is 0.448. The van der Waals surface area contributed by atoms with E-state index in [0.29, 0.717) is 25.0 Å². The number of alkyl halides is 3. The van der Waals surface area contributed by atoms with E-state index in [4.69, 9.17) is 0 Å². The second-order valence-electron chi connectivity index (χ2n) is 6.22. The fourth-order valence-corrected chi connectivity index (χ4v) is 3.26. The molecule has 0 atom stereocenters. The van der Waals surface area contributed by atoms with Crippen LogP contribution in [0, 0.1) is 0 Å². The van der Waals surface area contributed by atoms with E-state index in [-0.39, 0.29) is 11.5 Å². The molecule has 0 radical (unpaired) electrons. The van der Waals surface area contributed by atoms with Crippen LogP contribution in [0.25, 0.3) is 0 Å². The predicted octanol–water partition coefficient (Wildman–Crippen LogP) is 5.39. The number of hydrogen-bond donors (Lipinski definition) is 1. The summed E-state index contributed by atoms with van der Waals surface area (Å²) in [5.41, 5.74) is -0.481. The number of pyridine rings is 1. The Morgan fingerprint density at radius 1 is 1.07 bits per heavy atom. The van der Waals surface area contributed by atoms with Gasteiger partial charge in [-0.1, -0.05) is 13.8 Å². The molecule has 0 fully saturated rings. The van der Waals surface area contributed by atoms with E-state index >= 15 is 0 Å². The van der Waals surface area contributed by atoms with Gasteiger partial charge in [0.05, 0.1) is 5.56 Å². The van der Waals surface area contributed by atoms with E-state index in [2.05, 4.69) is 15.2 Å². The third-order valence-electron chi connectivity index (χ3n) is 3.91. The highest BCUT2D eigenvalue weighted by Crippen LogP contribution is 2.32. The third kappa shape index (κ3) is 6.23. The lowest BCUT2D eigenvalue weighted by Crippen LogP contribution is -2.25. The van der Waals surface area contributed by atoms with E-state index in [1.807, 2.05) is 18.7 Å². The molecule has 7 nitrogen and oxygen atoms in total. The molecule has 0 aliphatic carbocycles. The van der Waals surface area contributed by atoms with Gasteiger partial charge in [-0.3, -0.25) is 4.55 Å². The molecule has 0 unspecified atom stereocenters. The summed E-state index contributed by atoms with van der Waals surface area (Å²) in [6, 6.07) is 6.13. The van der Waals surface area contributed by atoms with Gasteiger partial charge in [-0.25, -0.2) is 4.98 Å². The summed E-state index contributed by atoms with van der Waals surface area (Å²) in [5, 5.41) is 7.43. The van der Waals surface area contributed by atoms with Gasteiger partial charge in [0.2, 0.25) is 0 Å². The van der Waals surface area contributed by atoms with Crippen LogP contribution in [0.1, 0.15) is 32.3 Å². The van der Waals surface area contributed by atoms with E-state index in [0.717, 1.165) is 25.0 Å². The van der Waals surface area contributed by atoms with Crippen LogP contribution in [0.15, 0.2) is 51.7 Å². The summed E-state index contributed by atoms with van der Waals surface area (Å²) in [7, 11) is -4.60. The molecule has 0 bridgehead atoms. The molecular formula is C18H21F3N4O3S. The van der Waals surface area contributed by atoms with Crippen molar-refractivity contribution in [3.05, 3.63) is 42.1 Å². The van der Waals surface area contributed by atoms with Crippen LogP contribution in [0.4, 0.5) is 30.4 Å². The predicted molar refractivity (Wildman–Crippen MR) is 102 cm³/mol. The van der Waals surface area contributed by atoms with Crippen LogP contribution >= 0.6 is 0 Å². The average molecular weight is 430 g/mol. The molecule has 1 aromatic heterocycles. The van der Waals surface area contributed by atoms with Crippen molar-refractivity contribution in [2.24, 2.45) is 10.2 Å². The highest BCUT2D eigenvalue weighted by atomic mass is 32.2. The summed E-state index contributed by atoms with van der Waals surface area (Å²) >= 11 is 0. The highest BCUT2D eigenvalue weighted by Gasteiger charge is 2.30. The van der Waals surface area contributed by atoms with E-state index < -0.39 is 26.8 Å². The molecular weight excluding hydrogens is 409 g/mol. The molecule has 11 heteroatoms. The highest BCUT2D eigenvalue weighted by molar-refractivity contribution is 7.86. The van der Waals surface area contributed by atoms with Gasteiger partial charge in [-0.05, 0) is 43.2 Å². The largest absolute Gasteiger partial charge is 0.417 e. The molecule has 1 aromatic carbocycles. The van der Waals surface area contributed by atoms with E-state index in [1.165, 1.54) is 12.1 Å². The first-order valence-electron chi connectivity index (χ1n) is 8.87. The number of azo groups is 1. The molecule has 2 aromatic rings. The average Bonchev–Trinajstić information content (AvgIpc) is 2.65. The second kappa shape index (κ2) is 9.31. The van der Waals surface area contributed by atoms with Crippen LogP contribution in [-0.2, 0) is 16.3 Å². The first-order chi connectivity index (χ1) is 13.6. The van der Waals surface area contributed by atoms with Gasteiger partial charge in [0, 0.05) is 25.0 Å². The minimum absolute atomic E-state index is 0.137. The summed E-state index contributed by atoms with van der Waals surface area (Å²) in [4.78, 5) is 5.08. The van der Waals surface area contributed by atoms with E-state index in [1.54, 1.807) is 6.07 Å². The lowest BCUT2D eigenvalue weighted by Gasteiger charge is -2.24. The number of rotatable bonds is 8. The Balaban J connectivity index is 2.38. The zero-order chi connectivity index (χ0) is 21.7. The lowest BCUT2D eigenvalue weighted by atomic mass is 10.2. The Bertz CT molecular complexity index is 955. The SMILES string of the molecule is CCCN(CCC)c1ccc(N=Nc2ccc(C(F)(F)F)cn2)c(S(=O)(=O)O)c1. The number of benzene rings is 1. The molecule has 0 saturated carbocycles.